The fraction of sp³-hybridized carbons (Fsp3) is 0.0769. The Hall–Kier alpha value is -2.16. The molecule has 2 aromatic heterocycles. The summed E-state index contributed by atoms with van der Waals surface area (Å²) in [6.07, 6.45) is 0. The number of nitrogens with zero attached hydrogens (tertiary/aromatic N) is 2. The molecule has 0 spiro atoms. The van der Waals surface area contributed by atoms with Crippen molar-refractivity contribution in [2.24, 2.45) is 0 Å². The zero-order chi connectivity index (χ0) is 11.1. The van der Waals surface area contributed by atoms with Crippen molar-refractivity contribution in [2.75, 3.05) is 5.73 Å². The van der Waals surface area contributed by atoms with Crippen LogP contribution in [0.5, 0.6) is 0 Å². The molecule has 3 nitrogen and oxygen atoms in total. The van der Waals surface area contributed by atoms with Crippen LogP contribution in [-0.2, 0) is 0 Å². The molecular formula is C13H11N3. The van der Waals surface area contributed by atoms with E-state index in [0.717, 1.165) is 33.3 Å². The SMILES string of the molecule is Cc1ccc2c(N)c3ccccc3nc2n1. The van der Waals surface area contributed by atoms with Crippen molar-refractivity contribution in [1.82, 2.24) is 9.97 Å². The number of aryl methyl sites for hydroxylation is 1. The lowest BCUT2D eigenvalue weighted by molar-refractivity contribution is 1.22. The molecule has 3 aromatic rings. The third-order valence-corrected chi connectivity index (χ3v) is 2.73. The number of rotatable bonds is 0. The van der Waals surface area contributed by atoms with E-state index in [1.807, 2.05) is 43.3 Å². The van der Waals surface area contributed by atoms with Gasteiger partial charge in [0.15, 0.2) is 5.65 Å². The molecule has 2 N–H and O–H groups in total. The molecule has 0 radical (unpaired) electrons. The van der Waals surface area contributed by atoms with Crippen LogP contribution in [0.25, 0.3) is 21.9 Å². The average Bonchev–Trinajstić information content (AvgIpc) is 2.29. The molecular weight excluding hydrogens is 198 g/mol. The van der Waals surface area contributed by atoms with Crippen LogP contribution in [0.3, 0.4) is 0 Å². The molecule has 0 aliphatic rings. The molecule has 0 fully saturated rings. The van der Waals surface area contributed by atoms with Gasteiger partial charge in [-0.2, -0.15) is 0 Å². The minimum absolute atomic E-state index is 0.719. The molecule has 78 valence electrons. The normalized spacial score (nSPS) is 11.1. The Morgan fingerprint density at radius 1 is 0.938 bits per heavy atom. The van der Waals surface area contributed by atoms with Gasteiger partial charge in [-0.1, -0.05) is 18.2 Å². The summed E-state index contributed by atoms with van der Waals surface area (Å²) in [6.45, 7) is 1.95. The van der Waals surface area contributed by atoms with Crippen molar-refractivity contribution in [1.29, 1.82) is 0 Å². The van der Waals surface area contributed by atoms with Crippen molar-refractivity contribution in [3.63, 3.8) is 0 Å². The third kappa shape index (κ3) is 1.21. The molecule has 3 rings (SSSR count). The van der Waals surface area contributed by atoms with E-state index in [4.69, 9.17) is 5.73 Å². The van der Waals surface area contributed by atoms with E-state index >= 15 is 0 Å². The first-order chi connectivity index (χ1) is 7.75. The van der Waals surface area contributed by atoms with E-state index in [1.54, 1.807) is 0 Å². The van der Waals surface area contributed by atoms with Crippen LogP contribution < -0.4 is 5.73 Å². The number of hydrogen-bond acceptors (Lipinski definition) is 3. The predicted octanol–water partition coefficient (Wildman–Crippen LogP) is 2.67. The van der Waals surface area contributed by atoms with Gasteiger partial charge in [0.2, 0.25) is 0 Å². The summed E-state index contributed by atoms with van der Waals surface area (Å²) in [5, 5.41) is 1.91. The fourth-order valence-corrected chi connectivity index (χ4v) is 1.90. The summed E-state index contributed by atoms with van der Waals surface area (Å²) in [4.78, 5) is 8.90. The predicted molar refractivity (Wildman–Crippen MR) is 66.2 cm³/mol. The number of aromatic nitrogens is 2. The third-order valence-electron chi connectivity index (χ3n) is 2.73. The van der Waals surface area contributed by atoms with E-state index in [9.17, 15) is 0 Å². The van der Waals surface area contributed by atoms with Gasteiger partial charge in [-0.05, 0) is 25.1 Å². The number of nitrogens with two attached hydrogens (primary N) is 1. The van der Waals surface area contributed by atoms with Crippen molar-refractivity contribution >= 4 is 27.6 Å². The molecule has 2 heterocycles. The Bertz CT molecular complexity index is 689. The second kappa shape index (κ2) is 3.17. The standard InChI is InChI=1S/C13H11N3/c1-8-6-7-10-12(14)9-4-2-3-5-11(9)16-13(10)15-8/h2-7H,1H3,(H2,14,15,16). The highest BCUT2D eigenvalue weighted by atomic mass is 14.9. The van der Waals surface area contributed by atoms with E-state index in [1.165, 1.54) is 0 Å². The maximum Gasteiger partial charge on any atom is 0.162 e. The maximum absolute atomic E-state index is 6.12. The molecule has 0 atom stereocenters. The largest absolute Gasteiger partial charge is 0.398 e. The summed E-state index contributed by atoms with van der Waals surface area (Å²) in [7, 11) is 0. The number of para-hydroxylation sites is 1. The minimum Gasteiger partial charge on any atom is -0.398 e. The number of anilines is 1. The molecule has 0 aliphatic carbocycles. The highest BCUT2D eigenvalue weighted by molar-refractivity contribution is 6.05. The first-order valence-corrected chi connectivity index (χ1v) is 5.17. The van der Waals surface area contributed by atoms with E-state index in [0.29, 0.717) is 0 Å². The molecule has 0 saturated heterocycles. The summed E-state index contributed by atoms with van der Waals surface area (Å²) >= 11 is 0. The van der Waals surface area contributed by atoms with Gasteiger partial charge >= 0.3 is 0 Å². The van der Waals surface area contributed by atoms with Gasteiger partial charge in [0.25, 0.3) is 0 Å². The van der Waals surface area contributed by atoms with Gasteiger partial charge in [-0.3, -0.25) is 0 Å². The van der Waals surface area contributed by atoms with Crippen LogP contribution in [-0.4, -0.2) is 9.97 Å². The minimum atomic E-state index is 0.719. The average molecular weight is 209 g/mol. The lowest BCUT2D eigenvalue weighted by atomic mass is 10.1. The van der Waals surface area contributed by atoms with Gasteiger partial charge in [-0.25, -0.2) is 9.97 Å². The van der Waals surface area contributed by atoms with Gasteiger partial charge in [0.1, 0.15) is 0 Å². The summed E-state index contributed by atoms with van der Waals surface area (Å²) in [6, 6.07) is 11.8. The number of nitrogen functional groups attached to an aromatic ring is 1. The Morgan fingerprint density at radius 3 is 2.62 bits per heavy atom. The van der Waals surface area contributed by atoms with Crippen LogP contribution >= 0.6 is 0 Å². The highest BCUT2D eigenvalue weighted by Gasteiger charge is 2.06. The quantitative estimate of drug-likeness (QED) is 0.579. The topological polar surface area (TPSA) is 51.8 Å². The van der Waals surface area contributed by atoms with Crippen LogP contribution in [0, 0.1) is 6.92 Å². The van der Waals surface area contributed by atoms with Gasteiger partial charge < -0.3 is 5.73 Å². The zero-order valence-corrected chi connectivity index (χ0v) is 8.94. The van der Waals surface area contributed by atoms with Gasteiger partial charge in [-0.15, -0.1) is 0 Å². The molecule has 0 amide bonds. The van der Waals surface area contributed by atoms with Gasteiger partial charge in [0, 0.05) is 16.5 Å². The first-order valence-electron chi connectivity index (χ1n) is 5.17. The summed E-state index contributed by atoms with van der Waals surface area (Å²) < 4.78 is 0. The number of hydrogen-bond donors (Lipinski definition) is 1. The Labute approximate surface area is 92.9 Å². The summed E-state index contributed by atoms with van der Waals surface area (Å²) in [5.41, 5.74) is 9.45. The highest BCUT2D eigenvalue weighted by Crippen LogP contribution is 2.26. The van der Waals surface area contributed by atoms with Crippen LogP contribution in [0.1, 0.15) is 5.69 Å². The fourth-order valence-electron chi connectivity index (χ4n) is 1.90. The monoisotopic (exact) mass is 209 g/mol. The molecule has 0 unspecified atom stereocenters. The molecule has 1 aromatic carbocycles. The van der Waals surface area contributed by atoms with Crippen LogP contribution in [0.15, 0.2) is 36.4 Å². The molecule has 0 saturated carbocycles. The van der Waals surface area contributed by atoms with Gasteiger partial charge in [0.05, 0.1) is 11.2 Å². The molecule has 0 aliphatic heterocycles. The summed E-state index contributed by atoms with van der Waals surface area (Å²) in [5.74, 6) is 0. The Kier molecular flexibility index (Phi) is 1.80. The van der Waals surface area contributed by atoms with Crippen LogP contribution in [0.2, 0.25) is 0 Å². The van der Waals surface area contributed by atoms with Crippen molar-refractivity contribution in [2.45, 2.75) is 6.92 Å². The lowest BCUT2D eigenvalue weighted by Crippen LogP contribution is -1.95. The first kappa shape index (κ1) is 9.09. The van der Waals surface area contributed by atoms with Crippen LogP contribution in [0.4, 0.5) is 5.69 Å². The Morgan fingerprint density at radius 2 is 1.75 bits per heavy atom. The van der Waals surface area contributed by atoms with E-state index in [2.05, 4.69) is 9.97 Å². The number of pyridine rings is 2. The maximum atomic E-state index is 6.12. The van der Waals surface area contributed by atoms with E-state index < -0.39 is 0 Å². The number of benzene rings is 1. The number of fused-ring (bicyclic) bond motifs is 2. The Balaban J connectivity index is 2.55. The van der Waals surface area contributed by atoms with Crippen molar-refractivity contribution < 1.29 is 0 Å². The molecule has 0 bridgehead atoms. The zero-order valence-electron chi connectivity index (χ0n) is 8.94. The van der Waals surface area contributed by atoms with Crippen molar-refractivity contribution in [3.05, 3.63) is 42.1 Å². The van der Waals surface area contributed by atoms with E-state index in [-0.39, 0.29) is 0 Å². The lowest BCUT2D eigenvalue weighted by Gasteiger charge is -2.06. The molecule has 3 heteroatoms. The second-order valence-corrected chi connectivity index (χ2v) is 3.87. The molecule has 16 heavy (non-hydrogen) atoms. The second-order valence-electron chi connectivity index (χ2n) is 3.87. The van der Waals surface area contributed by atoms with Crippen molar-refractivity contribution in [3.8, 4) is 0 Å². The smallest absolute Gasteiger partial charge is 0.162 e.